The van der Waals surface area contributed by atoms with Crippen LogP contribution in [0.4, 0.5) is 0 Å². The molecular weight excluding hydrogens is 358 g/mol. The average molecular weight is 396 g/mol. The number of carbonyl (C=O) groups is 3. The van der Waals surface area contributed by atoms with Gasteiger partial charge in [0.05, 0.1) is 0 Å². The molecule has 0 aromatic rings. The molecule has 2 fully saturated rings. The maximum absolute atomic E-state index is 12.7. The zero-order valence-corrected chi connectivity index (χ0v) is 17.3. The Hall–Kier alpha value is -1.63. The normalized spacial score (nSPS) is 26.8. The van der Waals surface area contributed by atoms with Crippen molar-refractivity contribution in [1.82, 2.24) is 10.8 Å². The van der Waals surface area contributed by atoms with Crippen molar-refractivity contribution >= 4 is 17.7 Å². The lowest BCUT2D eigenvalue weighted by Gasteiger charge is -2.40. The zero-order valence-electron chi connectivity index (χ0n) is 17.3. The number of amides is 3. The third-order valence-electron chi connectivity index (χ3n) is 6.56. The fourth-order valence-corrected chi connectivity index (χ4v) is 5.18. The Morgan fingerprint density at radius 1 is 1.07 bits per heavy atom. The Balaban J connectivity index is 1.95. The molecule has 3 amide bonds. The number of hydrogen-bond acceptors (Lipinski definition) is 4. The van der Waals surface area contributed by atoms with E-state index >= 15 is 0 Å². The Morgan fingerprint density at radius 2 is 1.75 bits per heavy atom. The fourth-order valence-electron chi connectivity index (χ4n) is 5.18. The molecule has 2 aliphatic rings. The van der Waals surface area contributed by atoms with Crippen LogP contribution in [0.15, 0.2) is 0 Å². The molecule has 4 unspecified atom stereocenters. The largest absolute Gasteiger partial charge is 0.368 e. The number of hydrogen-bond donors (Lipinski definition) is 4. The molecule has 0 bridgehead atoms. The second-order valence-electron chi connectivity index (χ2n) is 9.25. The van der Waals surface area contributed by atoms with Gasteiger partial charge in [0, 0.05) is 12.3 Å². The lowest BCUT2D eigenvalue weighted by atomic mass is 9.66. The van der Waals surface area contributed by atoms with Crippen LogP contribution in [-0.2, 0) is 14.4 Å². The summed E-state index contributed by atoms with van der Waals surface area (Å²) in [6.45, 7) is 3.93. The first kappa shape index (κ1) is 22.7. The van der Waals surface area contributed by atoms with Crippen molar-refractivity contribution in [2.75, 3.05) is 0 Å². The van der Waals surface area contributed by atoms with Crippen molar-refractivity contribution in [3.63, 3.8) is 0 Å². The summed E-state index contributed by atoms with van der Waals surface area (Å²) in [5, 5.41) is 11.6. The van der Waals surface area contributed by atoms with Gasteiger partial charge in [-0.2, -0.15) is 0 Å². The maximum atomic E-state index is 12.7. The molecule has 0 radical (unpaired) electrons. The fraction of sp³-hybridized carbons (Fsp3) is 0.857. The molecule has 0 heterocycles. The summed E-state index contributed by atoms with van der Waals surface area (Å²) < 4.78 is 0. The number of nitrogens with two attached hydrogens (primary N) is 1. The van der Waals surface area contributed by atoms with E-state index < -0.39 is 23.8 Å². The lowest BCUT2D eigenvalue weighted by Crippen LogP contribution is -2.48. The van der Waals surface area contributed by atoms with Crippen molar-refractivity contribution < 1.29 is 19.6 Å². The standard InChI is InChI=1S/C21H37N3O4/c1-13(2)9-17(12-19(25)24-28)21(27)23-18(20(22)26)11-14-7-8-15-5-3-4-6-16(15)10-14/h13-18,28H,3-12H2,1-2H3,(H2,22,26)(H,23,27)(H,24,25)/t14?,15?,16?,17?,18-/m0/s1. The molecule has 160 valence electrons. The maximum Gasteiger partial charge on any atom is 0.244 e. The van der Waals surface area contributed by atoms with E-state index in [1.807, 2.05) is 13.8 Å². The van der Waals surface area contributed by atoms with Gasteiger partial charge in [-0.3, -0.25) is 19.6 Å². The van der Waals surface area contributed by atoms with Crippen molar-refractivity contribution in [3.05, 3.63) is 0 Å². The van der Waals surface area contributed by atoms with Crippen molar-refractivity contribution in [1.29, 1.82) is 0 Å². The molecule has 5 atom stereocenters. The summed E-state index contributed by atoms with van der Waals surface area (Å²) in [5.74, 6) is 0.131. The quantitative estimate of drug-likeness (QED) is 0.354. The number of fused-ring (bicyclic) bond motifs is 1. The number of rotatable bonds is 9. The number of carbonyl (C=O) groups excluding carboxylic acids is 3. The average Bonchev–Trinajstić information content (AvgIpc) is 2.66. The molecule has 0 aromatic carbocycles. The van der Waals surface area contributed by atoms with Gasteiger partial charge in [-0.1, -0.05) is 46.0 Å². The molecule has 7 heteroatoms. The number of nitrogens with one attached hydrogen (secondary N) is 2. The molecule has 2 aliphatic carbocycles. The molecule has 2 saturated carbocycles. The first-order valence-corrected chi connectivity index (χ1v) is 10.8. The molecule has 0 aromatic heterocycles. The predicted molar refractivity (Wildman–Crippen MR) is 106 cm³/mol. The van der Waals surface area contributed by atoms with E-state index in [2.05, 4.69) is 5.32 Å². The third kappa shape index (κ3) is 6.76. The summed E-state index contributed by atoms with van der Waals surface area (Å²) in [5.41, 5.74) is 7.17. The molecular formula is C21H37N3O4. The summed E-state index contributed by atoms with van der Waals surface area (Å²) >= 11 is 0. The molecule has 28 heavy (non-hydrogen) atoms. The van der Waals surface area contributed by atoms with E-state index in [-0.39, 0.29) is 18.2 Å². The van der Waals surface area contributed by atoms with Gasteiger partial charge in [0.15, 0.2) is 0 Å². The van der Waals surface area contributed by atoms with Crippen molar-refractivity contribution in [2.24, 2.45) is 35.3 Å². The predicted octanol–water partition coefficient (Wildman–Crippen LogP) is 2.51. The van der Waals surface area contributed by atoms with Crippen LogP contribution >= 0.6 is 0 Å². The van der Waals surface area contributed by atoms with E-state index in [0.717, 1.165) is 24.7 Å². The zero-order chi connectivity index (χ0) is 20.7. The monoisotopic (exact) mass is 395 g/mol. The first-order valence-electron chi connectivity index (χ1n) is 10.8. The second kappa shape index (κ2) is 10.8. The van der Waals surface area contributed by atoms with E-state index in [1.54, 1.807) is 5.48 Å². The first-order chi connectivity index (χ1) is 13.3. The van der Waals surface area contributed by atoms with Gasteiger partial charge in [0.1, 0.15) is 6.04 Å². The van der Waals surface area contributed by atoms with Gasteiger partial charge in [-0.25, -0.2) is 5.48 Å². The van der Waals surface area contributed by atoms with Crippen LogP contribution in [0, 0.1) is 29.6 Å². The topological polar surface area (TPSA) is 122 Å². The molecule has 0 spiro atoms. The highest BCUT2D eigenvalue weighted by Gasteiger charge is 2.35. The van der Waals surface area contributed by atoms with Crippen LogP contribution in [0.3, 0.4) is 0 Å². The molecule has 0 saturated heterocycles. The van der Waals surface area contributed by atoms with E-state index in [0.29, 0.717) is 18.8 Å². The SMILES string of the molecule is CC(C)CC(CC(=O)NO)C(=O)N[C@@H](CC1CCC2CCCCC2C1)C(N)=O. The second-order valence-corrected chi connectivity index (χ2v) is 9.25. The minimum absolute atomic E-state index is 0.112. The van der Waals surface area contributed by atoms with Gasteiger partial charge in [-0.05, 0) is 49.4 Å². The molecule has 5 N–H and O–H groups in total. The molecule has 0 aliphatic heterocycles. The van der Waals surface area contributed by atoms with Gasteiger partial charge in [0.2, 0.25) is 17.7 Å². The Labute approximate surface area is 168 Å². The van der Waals surface area contributed by atoms with Gasteiger partial charge >= 0.3 is 0 Å². The van der Waals surface area contributed by atoms with E-state index in [4.69, 9.17) is 10.9 Å². The summed E-state index contributed by atoms with van der Waals surface area (Å²) in [4.78, 5) is 36.3. The van der Waals surface area contributed by atoms with Crippen LogP contribution in [0.25, 0.3) is 0 Å². The van der Waals surface area contributed by atoms with Crippen molar-refractivity contribution in [3.8, 4) is 0 Å². The Bertz CT molecular complexity index is 552. The summed E-state index contributed by atoms with van der Waals surface area (Å²) in [6.07, 6.45) is 9.62. The van der Waals surface area contributed by atoms with Crippen LogP contribution in [0.5, 0.6) is 0 Å². The number of hydroxylamine groups is 1. The minimum Gasteiger partial charge on any atom is -0.368 e. The molecule has 2 rings (SSSR count). The lowest BCUT2D eigenvalue weighted by molar-refractivity contribution is -0.136. The molecule has 7 nitrogen and oxygen atoms in total. The number of primary amides is 1. The Kier molecular flexibility index (Phi) is 8.73. The van der Waals surface area contributed by atoms with Gasteiger partial charge < -0.3 is 11.1 Å². The highest BCUT2D eigenvalue weighted by Crippen LogP contribution is 2.43. The summed E-state index contributed by atoms with van der Waals surface area (Å²) in [6, 6.07) is -0.704. The van der Waals surface area contributed by atoms with Crippen LogP contribution < -0.4 is 16.5 Å². The van der Waals surface area contributed by atoms with Gasteiger partial charge in [0.25, 0.3) is 0 Å². The van der Waals surface area contributed by atoms with E-state index in [1.165, 1.54) is 32.1 Å². The smallest absolute Gasteiger partial charge is 0.244 e. The Morgan fingerprint density at radius 3 is 2.36 bits per heavy atom. The summed E-state index contributed by atoms with van der Waals surface area (Å²) in [7, 11) is 0. The van der Waals surface area contributed by atoms with Gasteiger partial charge in [-0.15, -0.1) is 0 Å². The van der Waals surface area contributed by atoms with Crippen LogP contribution in [0.1, 0.15) is 78.1 Å². The minimum atomic E-state index is -0.704. The highest BCUT2D eigenvalue weighted by molar-refractivity contribution is 5.89. The van der Waals surface area contributed by atoms with E-state index in [9.17, 15) is 14.4 Å². The van der Waals surface area contributed by atoms with Crippen LogP contribution in [-0.4, -0.2) is 29.0 Å². The highest BCUT2D eigenvalue weighted by atomic mass is 16.5. The third-order valence-corrected chi connectivity index (χ3v) is 6.56. The van der Waals surface area contributed by atoms with Crippen LogP contribution in [0.2, 0.25) is 0 Å². The van der Waals surface area contributed by atoms with Crippen molar-refractivity contribution in [2.45, 2.75) is 84.1 Å².